The van der Waals surface area contributed by atoms with Gasteiger partial charge in [0.15, 0.2) is 0 Å². The number of hydrogen-bond acceptors (Lipinski definition) is 2. The van der Waals surface area contributed by atoms with Crippen LogP contribution in [0.2, 0.25) is 0 Å². The quantitative estimate of drug-likeness (QED) is 0.826. The number of rotatable bonds is 5. The van der Waals surface area contributed by atoms with Crippen LogP contribution in [0.25, 0.3) is 0 Å². The van der Waals surface area contributed by atoms with Gasteiger partial charge in [-0.2, -0.15) is 0 Å². The zero-order valence-electron chi connectivity index (χ0n) is 10.8. The second-order valence-corrected chi connectivity index (χ2v) is 5.10. The zero-order chi connectivity index (χ0) is 12.2. The Hall–Kier alpha value is -1.02. The van der Waals surface area contributed by atoms with E-state index in [1.165, 1.54) is 5.56 Å². The topological polar surface area (TPSA) is 23.5 Å². The molecule has 16 heavy (non-hydrogen) atoms. The SMILES string of the molecule is CCCC(C)(CN(C)C)c1cccc(O)c1. The van der Waals surface area contributed by atoms with Crippen LogP contribution in [-0.4, -0.2) is 30.6 Å². The number of phenolic OH excluding ortho intramolecular Hbond substituents is 1. The Morgan fingerprint density at radius 1 is 1.31 bits per heavy atom. The number of aromatic hydroxyl groups is 1. The van der Waals surface area contributed by atoms with Crippen molar-refractivity contribution in [3.8, 4) is 5.75 Å². The van der Waals surface area contributed by atoms with E-state index in [9.17, 15) is 5.11 Å². The van der Waals surface area contributed by atoms with Gasteiger partial charge < -0.3 is 10.0 Å². The van der Waals surface area contributed by atoms with Crippen molar-refractivity contribution in [1.82, 2.24) is 4.90 Å². The summed E-state index contributed by atoms with van der Waals surface area (Å²) in [7, 11) is 4.19. The lowest BCUT2D eigenvalue weighted by Crippen LogP contribution is -2.34. The molecule has 0 bridgehead atoms. The maximum absolute atomic E-state index is 9.57. The molecule has 0 aromatic heterocycles. The first kappa shape index (κ1) is 13.0. The van der Waals surface area contributed by atoms with Gasteiger partial charge in [-0.15, -0.1) is 0 Å². The Bertz CT molecular complexity index is 335. The molecule has 0 saturated heterocycles. The van der Waals surface area contributed by atoms with Crippen LogP contribution in [0.4, 0.5) is 0 Å². The van der Waals surface area contributed by atoms with Crippen molar-refractivity contribution in [2.45, 2.75) is 32.1 Å². The second-order valence-electron chi connectivity index (χ2n) is 5.10. The number of nitrogens with zero attached hydrogens (tertiary/aromatic N) is 1. The Balaban J connectivity index is 3.00. The fourth-order valence-corrected chi connectivity index (χ4v) is 2.45. The van der Waals surface area contributed by atoms with Crippen LogP contribution >= 0.6 is 0 Å². The Morgan fingerprint density at radius 3 is 2.50 bits per heavy atom. The van der Waals surface area contributed by atoms with Crippen LogP contribution in [0.15, 0.2) is 24.3 Å². The van der Waals surface area contributed by atoms with Crippen LogP contribution in [0.1, 0.15) is 32.3 Å². The van der Waals surface area contributed by atoms with Gasteiger partial charge >= 0.3 is 0 Å². The second kappa shape index (κ2) is 5.35. The predicted molar refractivity (Wildman–Crippen MR) is 68.9 cm³/mol. The van der Waals surface area contributed by atoms with Crippen molar-refractivity contribution in [3.63, 3.8) is 0 Å². The highest BCUT2D eigenvalue weighted by Gasteiger charge is 2.26. The average molecular weight is 221 g/mol. The first-order valence-corrected chi connectivity index (χ1v) is 5.92. The summed E-state index contributed by atoms with van der Waals surface area (Å²) < 4.78 is 0. The number of hydrogen-bond donors (Lipinski definition) is 1. The monoisotopic (exact) mass is 221 g/mol. The van der Waals surface area contributed by atoms with Crippen molar-refractivity contribution in [1.29, 1.82) is 0 Å². The van der Waals surface area contributed by atoms with E-state index in [4.69, 9.17) is 0 Å². The van der Waals surface area contributed by atoms with Gasteiger partial charge in [-0.1, -0.05) is 32.4 Å². The third kappa shape index (κ3) is 3.24. The van der Waals surface area contributed by atoms with Gasteiger partial charge in [-0.25, -0.2) is 0 Å². The average Bonchev–Trinajstić information content (AvgIpc) is 2.16. The Kier molecular flexibility index (Phi) is 4.36. The van der Waals surface area contributed by atoms with E-state index in [0.29, 0.717) is 5.75 Å². The van der Waals surface area contributed by atoms with E-state index in [1.54, 1.807) is 6.07 Å². The summed E-state index contributed by atoms with van der Waals surface area (Å²) >= 11 is 0. The third-order valence-corrected chi connectivity index (χ3v) is 3.01. The summed E-state index contributed by atoms with van der Waals surface area (Å²) in [5.41, 5.74) is 1.35. The maximum atomic E-state index is 9.57. The molecule has 1 rings (SSSR count). The molecule has 0 aliphatic heterocycles. The lowest BCUT2D eigenvalue weighted by Gasteiger charge is -2.33. The van der Waals surface area contributed by atoms with Gasteiger partial charge in [0.1, 0.15) is 5.75 Å². The van der Waals surface area contributed by atoms with E-state index < -0.39 is 0 Å². The van der Waals surface area contributed by atoms with Crippen LogP contribution in [-0.2, 0) is 5.41 Å². The van der Waals surface area contributed by atoms with Crippen molar-refractivity contribution in [3.05, 3.63) is 29.8 Å². The van der Waals surface area contributed by atoms with Gasteiger partial charge in [0.2, 0.25) is 0 Å². The zero-order valence-corrected chi connectivity index (χ0v) is 10.8. The lowest BCUT2D eigenvalue weighted by molar-refractivity contribution is 0.281. The molecule has 1 aromatic rings. The van der Waals surface area contributed by atoms with E-state index in [-0.39, 0.29) is 5.41 Å². The minimum atomic E-state index is 0.122. The Morgan fingerprint density at radius 2 is 2.00 bits per heavy atom. The summed E-state index contributed by atoms with van der Waals surface area (Å²) in [5.74, 6) is 0.360. The maximum Gasteiger partial charge on any atom is 0.115 e. The van der Waals surface area contributed by atoms with Crippen LogP contribution < -0.4 is 0 Å². The van der Waals surface area contributed by atoms with Gasteiger partial charge in [0.25, 0.3) is 0 Å². The molecule has 1 aromatic carbocycles. The normalized spacial score (nSPS) is 15.1. The summed E-state index contributed by atoms with van der Waals surface area (Å²) in [6.07, 6.45) is 2.29. The first-order valence-electron chi connectivity index (χ1n) is 5.92. The molecule has 0 amide bonds. The predicted octanol–water partition coefficient (Wildman–Crippen LogP) is 3.01. The number of benzene rings is 1. The standard InChI is InChI=1S/C14H23NO/c1-5-9-14(2,11-15(3)4)12-7-6-8-13(16)10-12/h6-8,10,16H,5,9,11H2,1-4H3. The van der Waals surface area contributed by atoms with Crippen molar-refractivity contribution < 1.29 is 5.11 Å². The third-order valence-electron chi connectivity index (χ3n) is 3.01. The molecule has 0 radical (unpaired) electrons. The largest absolute Gasteiger partial charge is 0.508 e. The lowest BCUT2D eigenvalue weighted by atomic mass is 9.78. The van der Waals surface area contributed by atoms with Gasteiger partial charge in [0, 0.05) is 12.0 Å². The van der Waals surface area contributed by atoms with E-state index >= 15 is 0 Å². The highest BCUT2D eigenvalue weighted by Crippen LogP contribution is 2.31. The molecular formula is C14H23NO. The van der Waals surface area contributed by atoms with Gasteiger partial charge in [-0.05, 0) is 38.2 Å². The smallest absolute Gasteiger partial charge is 0.115 e. The van der Waals surface area contributed by atoms with Crippen molar-refractivity contribution >= 4 is 0 Å². The number of likely N-dealkylation sites (N-methyl/N-ethyl adjacent to an activating group) is 1. The van der Waals surface area contributed by atoms with Crippen LogP contribution in [0.3, 0.4) is 0 Å². The molecule has 0 aliphatic rings. The fraction of sp³-hybridized carbons (Fsp3) is 0.571. The molecule has 1 N–H and O–H groups in total. The summed E-state index contributed by atoms with van der Waals surface area (Å²) in [5, 5.41) is 9.57. The molecule has 1 unspecified atom stereocenters. The van der Waals surface area contributed by atoms with E-state index in [0.717, 1.165) is 19.4 Å². The summed E-state index contributed by atoms with van der Waals surface area (Å²) in [6, 6.07) is 7.65. The molecule has 0 fully saturated rings. The first-order chi connectivity index (χ1) is 7.48. The van der Waals surface area contributed by atoms with Crippen molar-refractivity contribution in [2.75, 3.05) is 20.6 Å². The molecule has 0 saturated carbocycles. The number of phenols is 1. The molecule has 2 nitrogen and oxygen atoms in total. The molecule has 1 atom stereocenters. The minimum Gasteiger partial charge on any atom is -0.508 e. The molecule has 2 heteroatoms. The van der Waals surface area contributed by atoms with E-state index in [1.807, 2.05) is 12.1 Å². The molecule has 0 spiro atoms. The minimum absolute atomic E-state index is 0.122. The molecule has 0 aliphatic carbocycles. The highest BCUT2D eigenvalue weighted by atomic mass is 16.3. The van der Waals surface area contributed by atoms with Crippen molar-refractivity contribution in [2.24, 2.45) is 0 Å². The summed E-state index contributed by atoms with van der Waals surface area (Å²) in [6.45, 7) is 5.48. The molecule has 0 heterocycles. The van der Waals surface area contributed by atoms with Gasteiger partial charge in [0.05, 0.1) is 0 Å². The van der Waals surface area contributed by atoms with Crippen LogP contribution in [0, 0.1) is 0 Å². The highest BCUT2D eigenvalue weighted by molar-refractivity contribution is 5.33. The van der Waals surface area contributed by atoms with Crippen LogP contribution in [0.5, 0.6) is 5.75 Å². The molecular weight excluding hydrogens is 198 g/mol. The fourth-order valence-electron chi connectivity index (χ4n) is 2.45. The van der Waals surface area contributed by atoms with Gasteiger partial charge in [-0.3, -0.25) is 0 Å². The Labute approximate surface area is 98.9 Å². The summed E-state index contributed by atoms with van der Waals surface area (Å²) in [4.78, 5) is 2.21. The molecule has 90 valence electrons. The van der Waals surface area contributed by atoms with E-state index in [2.05, 4.69) is 38.9 Å².